The SMILES string of the molecule is Cc1ccccc1-c1cc(NC(=O)NCc2cccnc2)n(CCO)n1. The summed E-state index contributed by atoms with van der Waals surface area (Å²) in [4.78, 5) is 16.2. The third-order valence-corrected chi connectivity index (χ3v) is 3.93. The molecule has 1 aromatic carbocycles. The molecule has 0 aliphatic carbocycles. The molecule has 2 amide bonds. The molecule has 0 bridgehead atoms. The predicted octanol–water partition coefficient (Wildman–Crippen LogP) is 2.57. The van der Waals surface area contributed by atoms with E-state index in [9.17, 15) is 9.90 Å². The van der Waals surface area contributed by atoms with Crippen molar-refractivity contribution in [2.45, 2.75) is 20.0 Å². The van der Waals surface area contributed by atoms with Gasteiger partial charge in [0.2, 0.25) is 0 Å². The van der Waals surface area contributed by atoms with Crippen LogP contribution in [-0.2, 0) is 13.1 Å². The van der Waals surface area contributed by atoms with Gasteiger partial charge in [0.1, 0.15) is 5.82 Å². The minimum Gasteiger partial charge on any atom is -0.394 e. The highest BCUT2D eigenvalue weighted by molar-refractivity contribution is 5.89. The highest BCUT2D eigenvalue weighted by Crippen LogP contribution is 2.24. The van der Waals surface area contributed by atoms with E-state index in [0.717, 1.165) is 22.4 Å². The zero-order valence-corrected chi connectivity index (χ0v) is 14.5. The molecule has 0 radical (unpaired) electrons. The van der Waals surface area contributed by atoms with Gasteiger partial charge in [-0.3, -0.25) is 10.3 Å². The van der Waals surface area contributed by atoms with Gasteiger partial charge in [0.15, 0.2) is 0 Å². The van der Waals surface area contributed by atoms with Gasteiger partial charge in [0.25, 0.3) is 0 Å². The van der Waals surface area contributed by atoms with Gasteiger partial charge in [0, 0.05) is 30.6 Å². The number of aliphatic hydroxyl groups is 1. The van der Waals surface area contributed by atoms with E-state index in [1.165, 1.54) is 0 Å². The van der Waals surface area contributed by atoms with E-state index >= 15 is 0 Å². The maximum Gasteiger partial charge on any atom is 0.320 e. The Morgan fingerprint density at radius 3 is 2.81 bits per heavy atom. The van der Waals surface area contributed by atoms with E-state index < -0.39 is 0 Å². The summed E-state index contributed by atoms with van der Waals surface area (Å²) in [5.74, 6) is 0.529. The lowest BCUT2D eigenvalue weighted by atomic mass is 10.1. The second-order valence-corrected chi connectivity index (χ2v) is 5.85. The number of nitrogens with zero attached hydrogens (tertiary/aromatic N) is 3. The molecule has 26 heavy (non-hydrogen) atoms. The van der Waals surface area contributed by atoms with Crippen LogP contribution in [0.15, 0.2) is 54.9 Å². The first kappa shape index (κ1) is 17.6. The first-order chi connectivity index (χ1) is 12.7. The number of urea groups is 1. The number of anilines is 1. The quantitative estimate of drug-likeness (QED) is 0.636. The average molecular weight is 351 g/mol. The lowest BCUT2D eigenvalue weighted by molar-refractivity contribution is 0.250. The van der Waals surface area contributed by atoms with Crippen LogP contribution in [0.4, 0.5) is 10.6 Å². The van der Waals surface area contributed by atoms with Crippen molar-refractivity contribution < 1.29 is 9.90 Å². The predicted molar refractivity (Wildman–Crippen MR) is 99.6 cm³/mol. The number of hydrogen-bond donors (Lipinski definition) is 3. The maximum absolute atomic E-state index is 12.2. The lowest BCUT2D eigenvalue weighted by Crippen LogP contribution is -2.29. The first-order valence-corrected chi connectivity index (χ1v) is 8.36. The Balaban J connectivity index is 1.74. The normalized spacial score (nSPS) is 10.5. The van der Waals surface area contributed by atoms with Crippen LogP contribution in [0.3, 0.4) is 0 Å². The number of hydrogen-bond acceptors (Lipinski definition) is 4. The second-order valence-electron chi connectivity index (χ2n) is 5.85. The number of benzene rings is 1. The van der Waals surface area contributed by atoms with Crippen molar-refractivity contribution in [3.05, 3.63) is 66.0 Å². The minimum absolute atomic E-state index is 0.0686. The minimum atomic E-state index is -0.343. The number of aryl methyl sites for hydroxylation is 1. The number of carbonyl (C=O) groups is 1. The fourth-order valence-electron chi connectivity index (χ4n) is 2.62. The van der Waals surface area contributed by atoms with Crippen molar-refractivity contribution in [1.82, 2.24) is 20.1 Å². The molecule has 0 fully saturated rings. The molecule has 3 N–H and O–H groups in total. The first-order valence-electron chi connectivity index (χ1n) is 8.36. The smallest absolute Gasteiger partial charge is 0.320 e. The molecule has 134 valence electrons. The van der Waals surface area contributed by atoms with Crippen LogP contribution in [0, 0.1) is 6.92 Å². The molecule has 3 aromatic rings. The molecule has 7 heteroatoms. The summed E-state index contributed by atoms with van der Waals surface area (Å²) in [7, 11) is 0. The molecule has 0 unspecified atom stereocenters. The fourth-order valence-corrected chi connectivity index (χ4v) is 2.62. The number of amides is 2. The van der Waals surface area contributed by atoms with Gasteiger partial charge < -0.3 is 10.4 Å². The van der Waals surface area contributed by atoms with Crippen molar-refractivity contribution >= 4 is 11.8 Å². The molecule has 0 saturated carbocycles. The summed E-state index contributed by atoms with van der Waals surface area (Å²) in [6.07, 6.45) is 3.39. The van der Waals surface area contributed by atoms with E-state index in [0.29, 0.717) is 18.9 Å². The lowest BCUT2D eigenvalue weighted by Gasteiger charge is -2.09. The third-order valence-electron chi connectivity index (χ3n) is 3.93. The van der Waals surface area contributed by atoms with E-state index in [2.05, 4.69) is 20.7 Å². The standard InChI is InChI=1S/C19H21N5O2/c1-14-5-2-3-7-16(14)17-11-18(24(23-17)9-10-25)22-19(26)21-13-15-6-4-8-20-12-15/h2-8,11-12,25H,9-10,13H2,1H3,(H2,21,22,26). The highest BCUT2D eigenvalue weighted by atomic mass is 16.3. The molecular formula is C19H21N5O2. The van der Waals surface area contributed by atoms with E-state index in [4.69, 9.17) is 0 Å². The summed E-state index contributed by atoms with van der Waals surface area (Å²) in [6.45, 7) is 2.61. The van der Waals surface area contributed by atoms with Crippen molar-refractivity contribution in [1.29, 1.82) is 0 Å². The number of carbonyl (C=O) groups excluding carboxylic acids is 1. The molecule has 3 rings (SSSR count). The van der Waals surface area contributed by atoms with Gasteiger partial charge in [-0.15, -0.1) is 0 Å². The van der Waals surface area contributed by atoms with Crippen LogP contribution in [-0.4, -0.2) is 32.5 Å². The molecular weight excluding hydrogens is 330 g/mol. The maximum atomic E-state index is 12.2. The van der Waals surface area contributed by atoms with Crippen molar-refractivity contribution in [2.75, 3.05) is 11.9 Å². The monoisotopic (exact) mass is 351 g/mol. The van der Waals surface area contributed by atoms with Crippen LogP contribution < -0.4 is 10.6 Å². The van der Waals surface area contributed by atoms with Gasteiger partial charge in [-0.05, 0) is 24.1 Å². The van der Waals surface area contributed by atoms with Crippen LogP contribution in [0.5, 0.6) is 0 Å². The molecule has 7 nitrogen and oxygen atoms in total. The topological polar surface area (TPSA) is 92.1 Å². The zero-order chi connectivity index (χ0) is 18.4. The molecule has 0 aliphatic rings. The summed E-state index contributed by atoms with van der Waals surface area (Å²) in [5, 5.41) is 19.4. The average Bonchev–Trinajstić information content (AvgIpc) is 3.04. The van der Waals surface area contributed by atoms with Gasteiger partial charge in [-0.25, -0.2) is 9.48 Å². The zero-order valence-electron chi connectivity index (χ0n) is 14.5. The van der Waals surface area contributed by atoms with E-state index in [1.807, 2.05) is 49.4 Å². The molecule has 0 saturated heterocycles. The number of nitrogens with one attached hydrogen (secondary N) is 2. The van der Waals surface area contributed by atoms with Crippen molar-refractivity contribution in [3.63, 3.8) is 0 Å². The summed E-state index contributed by atoms with van der Waals surface area (Å²) in [6, 6.07) is 13.1. The summed E-state index contributed by atoms with van der Waals surface area (Å²) >= 11 is 0. The Kier molecular flexibility index (Phi) is 5.60. The van der Waals surface area contributed by atoms with Crippen LogP contribution >= 0.6 is 0 Å². The highest BCUT2D eigenvalue weighted by Gasteiger charge is 2.13. The Morgan fingerprint density at radius 1 is 1.23 bits per heavy atom. The van der Waals surface area contributed by atoms with E-state index in [-0.39, 0.29) is 12.6 Å². The largest absolute Gasteiger partial charge is 0.394 e. The molecule has 0 aliphatic heterocycles. The van der Waals surface area contributed by atoms with Gasteiger partial charge in [-0.1, -0.05) is 30.3 Å². The Labute approximate surface area is 151 Å². The van der Waals surface area contributed by atoms with E-state index in [1.54, 1.807) is 17.1 Å². The van der Waals surface area contributed by atoms with Gasteiger partial charge >= 0.3 is 6.03 Å². The fraction of sp³-hybridized carbons (Fsp3) is 0.211. The Bertz CT molecular complexity index is 877. The number of aromatic nitrogens is 3. The third kappa shape index (κ3) is 4.25. The summed E-state index contributed by atoms with van der Waals surface area (Å²) < 4.78 is 1.59. The molecule has 2 aromatic heterocycles. The molecule has 2 heterocycles. The Morgan fingerprint density at radius 2 is 2.08 bits per heavy atom. The number of rotatable bonds is 6. The molecule has 0 atom stereocenters. The van der Waals surface area contributed by atoms with Crippen LogP contribution in [0.2, 0.25) is 0 Å². The van der Waals surface area contributed by atoms with Gasteiger partial charge in [0.05, 0.1) is 18.8 Å². The number of aliphatic hydroxyl groups excluding tert-OH is 1. The van der Waals surface area contributed by atoms with Crippen molar-refractivity contribution in [2.24, 2.45) is 0 Å². The second kappa shape index (κ2) is 8.26. The van der Waals surface area contributed by atoms with Crippen LogP contribution in [0.25, 0.3) is 11.3 Å². The Hall–Kier alpha value is -3.19. The molecule has 0 spiro atoms. The van der Waals surface area contributed by atoms with Crippen molar-refractivity contribution in [3.8, 4) is 11.3 Å². The van der Waals surface area contributed by atoms with Gasteiger partial charge in [-0.2, -0.15) is 5.10 Å². The van der Waals surface area contributed by atoms with Crippen LogP contribution in [0.1, 0.15) is 11.1 Å². The summed E-state index contributed by atoms with van der Waals surface area (Å²) in [5.41, 5.74) is 3.74. The number of pyridine rings is 1.